The molecule has 2 aromatic rings. The zero-order valence-corrected chi connectivity index (χ0v) is 13.4. The predicted molar refractivity (Wildman–Crippen MR) is 85.2 cm³/mol. The Kier molecular flexibility index (Phi) is 5.29. The van der Waals surface area contributed by atoms with Crippen LogP contribution in [0.2, 0.25) is 4.34 Å². The van der Waals surface area contributed by atoms with Crippen LogP contribution in [0.1, 0.15) is 12.5 Å². The summed E-state index contributed by atoms with van der Waals surface area (Å²) in [6.07, 6.45) is 0. The fraction of sp³-hybridized carbons (Fsp3) is 0.333. The number of rotatable bonds is 6. The molecule has 0 amide bonds. The molecule has 0 aliphatic carbocycles. The van der Waals surface area contributed by atoms with E-state index in [1.165, 1.54) is 5.56 Å². The maximum Gasteiger partial charge on any atom is 0.161 e. The third-order valence-electron chi connectivity index (χ3n) is 3.01. The van der Waals surface area contributed by atoms with Crippen LogP contribution in [0.25, 0.3) is 10.4 Å². The van der Waals surface area contributed by atoms with Crippen LogP contribution < -0.4 is 14.8 Å². The van der Waals surface area contributed by atoms with E-state index < -0.39 is 0 Å². The summed E-state index contributed by atoms with van der Waals surface area (Å²) in [7, 11) is 3.30. The van der Waals surface area contributed by atoms with Gasteiger partial charge in [-0.25, -0.2) is 0 Å². The van der Waals surface area contributed by atoms with Crippen molar-refractivity contribution < 1.29 is 9.47 Å². The molecule has 20 heavy (non-hydrogen) atoms. The molecule has 0 saturated carbocycles. The summed E-state index contributed by atoms with van der Waals surface area (Å²) in [5, 5.41) is 3.35. The molecule has 3 nitrogen and oxygen atoms in total. The minimum atomic E-state index is 0.729. The monoisotopic (exact) mass is 311 g/mol. The number of benzene rings is 1. The van der Waals surface area contributed by atoms with Crippen LogP contribution in [0, 0.1) is 0 Å². The minimum Gasteiger partial charge on any atom is -0.493 e. The molecular formula is C15H18ClNO2S. The van der Waals surface area contributed by atoms with Gasteiger partial charge in [-0.2, -0.15) is 0 Å². The van der Waals surface area contributed by atoms with Crippen molar-refractivity contribution in [3.8, 4) is 21.9 Å². The van der Waals surface area contributed by atoms with Crippen molar-refractivity contribution in [2.24, 2.45) is 0 Å². The first-order chi connectivity index (χ1) is 9.69. The lowest BCUT2D eigenvalue weighted by atomic mass is 10.0. The topological polar surface area (TPSA) is 30.5 Å². The van der Waals surface area contributed by atoms with Gasteiger partial charge in [-0.05, 0) is 36.4 Å². The first-order valence-corrected chi connectivity index (χ1v) is 7.60. The van der Waals surface area contributed by atoms with Gasteiger partial charge in [0.05, 0.1) is 18.6 Å². The highest BCUT2D eigenvalue weighted by Crippen LogP contribution is 2.39. The highest BCUT2D eigenvalue weighted by Gasteiger charge is 2.13. The summed E-state index contributed by atoms with van der Waals surface area (Å²) in [4.78, 5) is 1.13. The van der Waals surface area contributed by atoms with Gasteiger partial charge in [0.25, 0.3) is 0 Å². The number of ether oxygens (including phenoxy) is 2. The largest absolute Gasteiger partial charge is 0.493 e. The number of halogens is 1. The maximum atomic E-state index is 6.05. The second-order valence-corrected chi connectivity index (χ2v) is 5.96. The van der Waals surface area contributed by atoms with Crippen LogP contribution in [0.5, 0.6) is 11.5 Å². The van der Waals surface area contributed by atoms with Crippen LogP contribution >= 0.6 is 22.9 Å². The number of hydrogen-bond donors (Lipinski definition) is 1. The Bertz CT molecular complexity index is 583. The number of thiophene rings is 1. The quantitative estimate of drug-likeness (QED) is 0.867. The van der Waals surface area contributed by atoms with E-state index >= 15 is 0 Å². The summed E-state index contributed by atoms with van der Waals surface area (Å²) in [6.45, 7) is 3.78. The summed E-state index contributed by atoms with van der Waals surface area (Å²) >= 11 is 7.61. The van der Waals surface area contributed by atoms with Gasteiger partial charge in [-0.1, -0.05) is 18.5 Å². The third kappa shape index (κ3) is 3.26. The Morgan fingerprint density at radius 3 is 2.40 bits per heavy atom. The molecule has 108 valence electrons. The fourth-order valence-electron chi connectivity index (χ4n) is 2.02. The van der Waals surface area contributed by atoms with E-state index in [4.69, 9.17) is 21.1 Å². The van der Waals surface area contributed by atoms with Crippen molar-refractivity contribution in [3.63, 3.8) is 0 Å². The molecule has 0 saturated heterocycles. The Morgan fingerprint density at radius 2 is 1.85 bits per heavy atom. The SMILES string of the molecule is CCNCc1cc(OC)c(OC)cc1-c1ccc(Cl)s1. The molecule has 2 rings (SSSR count). The molecule has 1 aromatic carbocycles. The van der Waals surface area contributed by atoms with Crippen molar-refractivity contribution in [1.82, 2.24) is 5.32 Å². The van der Waals surface area contributed by atoms with Crippen molar-refractivity contribution in [2.75, 3.05) is 20.8 Å². The normalized spacial score (nSPS) is 10.6. The number of methoxy groups -OCH3 is 2. The Morgan fingerprint density at radius 1 is 1.15 bits per heavy atom. The average Bonchev–Trinajstić information content (AvgIpc) is 2.90. The first-order valence-electron chi connectivity index (χ1n) is 6.41. The Labute approximate surface area is 128 Å². The van der Waals surface area contributed by atoms with Crippen molar-refractivity contribution in [3.05, 3.63) is 34.2 Å². The lowest BCUT2D eigenvalue weighted by Crippen LogP contribution is -2.12. The zero-order valence-electron chi connectivity index (χ0n) is 11.8. The standard InChI is InChI=1S/C15H18ClNO2S/c1-4-17-9-10-7-12(18-2)13(19-3)8-11(10)14-5-6-15(16)20-14/h5-8,17H,4,9H2,1-3H3. The third-order valence-corrected chi connectivity index (χ3v) is 4.28. The molecule has 0 bridgehead atoms. The van der Waals surface area contributed by atoms with Gasteiger partial charge < -0.3 is 14.8 Å². The van der Waals surface area contributed by atoms with Gasteiger partial charge in [0.2, 0.25) is 0 Å². The number of nitrogens with one attached hydrogen (secondary N) is 1. The maximum absolute atomic E-state index is 6.05. The van der Waals surface area contributed by atoms with Crippen molar-refractivity contribution >= 4 is 22.9 Å². The van der Waals surface area contributed by atoms with Gasteiger partial charge in [-0.3, -0.25) is 0 Å². The molecule has 5 heteroatoms. The average molecular weight is 312 g/mol. The smallest absolute Gasteiger partial charge is 0.161 e. The lowest BCUT2D eigenvalue weighted by Gasteiger charge is -2.14. The van der Waals surface area contributed by atoms with Crippen LogP contribution in [0.3, 0.4) is 0 Å². The van der Waals surface area contributed by atoms with E-state index in [9.17, 15) is 0 Å². The first kappa shape index (κ1) is 15.2. The van der Waals surface area contributed by atoms with Crippen LogP contribution in [0.15, 0.2) is 24.3 Å². The molecule has 1 heterocycles. The van der Waals surface area contributed by atoms with E-state index in [1.807, 2.05) is 24.3 Å². The summed E-state index contributed by atoms with van der Waals surface area (Å²) < 4.78 is 11.6. The Balaban J connectivity index is 2.50. The summed E-state index contributed by atoms with van der Waals surface area (Å²) in [5.41, 5.74) is 2.29. The molecule has 0 atom stereocenters. The van der Waals surface area contributed by atoms with Crippen LogP contribution in [0.4, 0.5) is 0 Å². The molecule has 1 N–H and O–H groups in total. The zero-order chi connectivity index (χ0) is 14.5. The van der Waals surface area contributed by atoms with E-state index in [1.54, 1.807) is 25.6 Å². The fourth-order valence-corrected chi connectivity index (χ4v) is 3.11. The van der Waals surface area contributed by atoms with Gasteiger partial charge in [0, 0.05) is 17.0 Å². The van der Waals surface area contributed by atoms with Crippen LogP contribution in [-0.4, -0.2) is 20.8 Å². The highest BCUT2D eigenvalue weighted by atomic mass is 35.5. The Hall–Kier alpha value is -1.23. The molecule has 0 aliphatic heterocycles. The summed E-state index contributed by atoms with van der Waals surface area (Å²) in [5.74, 6) is 1.47. The predicted octanol–water partition coefficient (Wildman–Crippen LogP) is 4.20. The molecular weight excluding hydrogens is 294 g/mol. The molecule has 0 fully saturated rings. The van der Waals surface area contributed by atoms with E-state index in [0.717, 1.165) is 39.4 Å². The second-order valence-electron chi connectivity index (χ2n) is 4.25. The van der Waals surface area contributed by atoms with Gasteiger partial charge in [0.15, 0.2) is 11.5 Å². The van der Waals surface area contributed by atoms with E-state index in [-0.39, 0.29) is 0 Å². The van der Waals surface area contributed by atoms with Crippen molar-refractivity contribution in [2.45, 2.75) is 13.5 Å². The lowest BCUT2D eigenvalue weighted by molar-refractivity contribution is 0.354. The molecule has 0 aliphatic rings. The van der Waals surface area contributed by atoms with Gasteiger partial charge in [0.1, 0.15) is 0 Å². The van der Waals surface area contributed by atoms with Gasteiger partial charge >= 0.3 is 0 Å². The van der Waals surface area contributed by atoms with Crippen molar-refractivity contribution in [1.29, 1.82) is 0 Å². The van der Waals surface area contributed by atoms with E-state index in [2.05, 4.69) is 12.2 Å². The second kappa shape index (κ2) is 6.97. The van der Waals surface area contributed by atoms with Gasteiger partial charge in [-0.15, -0.1) is 11.3 Å². The van der Waals surface area contributed by atoms with E-state index in [0.29, 0.717) is 0 Å². The number of hydrogen-bond acceptors (Lipinski definition) is 4. The molecule has 0 radical (unpaired) electrons. The summed E-state index contributed by atoms with van der Waals surface area (Å²) in [6, 6.07) is 7.97. The minimum absolute atomic E-state index is 0.729. The molecule has 1 aromatic heterocycles. The van der Waals surface area contributed by atoms with Crippen LogP contribution in [-0.2, 0) is 6.54 Å². The highest BCUT2D eigenvalue weighted by molar-refractivity contribution is 7.19. The molecule has 0 spiro atoms. The molecule has 0 unspecified atom stereocenters.